The maximum absolute atomic E-state index is 3.80. The van der Waals surface area contributed by atoms with E-state index >= 15 is 0 Å². The maximum atomic E-state index is 3.80. The smallest absolute Gasteiger partial charge is 1.00 e. The molecule has 1 aliphatic heterocycles. The van der Waals surface area contributed by atoms with Gasteiger partial charge in [-0.15, -0.1) is 0 Å². The number of nitrogens with zero attached hydrogens (tertiary/aromatic N) is 2. The molecular weight excluding hydrogens is 1250 g/mol. The summed E-state index contributed by atoms with van der Waals surface area (Å²) in [5, 5.41) is 5.21. The molecule has 0 amide bonds. The van der Waals surface area contributed by atoms with Gasteiger partial charge in [0.05, 0.1) is 22.2 Å². The summed E-state index contributed by atoms with van der Waals surface area (Å²) in [5.41, 5.74) is 11.6. The van der Waals surface area contributed by atoms with Crippen molar-refractivity contribution in [2.75, 3.05) is 0 Å². The summed E-state index contributed by atoms with van der Waals surface area (Å²) in [5.74, 6) is 0. The molecule has 8 aromatic carbocycles. The van der Waals surface area contributed by atoms with Crippen LogP contribution in [0.2, 0.25) is 0 Å². The monoisotopic (exact) mass is 1280 g/mol. The van der Waals surface area contributed by atoms with Crippen LogP contribution >= 0.6 is 93.0 Å². The van der Waals surface area contributed by atoms with Gasteiger partial charge in [-0.3, -0.25) is 0 Å². The number of para-hydroxylation sites is 6. The fraction of sp³-hybridized carbons (Fsp3) is 0.0392. The first kappa shape index (κ1) is 53.9. The Morgan fingerprint density at radius 3 is 1.37 bits per heavy atom. The fourth-order valence-corrected chi connectivity index (χ4v) is 10.3. The Kier molecular flexibility index (Phi) is 21.3. The number of hydrogen-bond donors (Lipinski definition) is 0. The van der Waals surface area contributed by atoms with Gasteiger partial charge in [-0.05, 0) is 143 Å². The van der Waals surface area contributed by atoms with Gasteiger partial charge >= 0.3 is 41.9 Å². The van der Waals surface area contributed by atoms with Crippen LogP contribution in [0, 0.1) is 13.6 Å². The molecule has 11 rings (SSSR count). The topological polar surface area (TPSA) is 9.86 Å². The SMILES string of the molecule is Brc1cccc2c3ccccc3n(-c3ccccc3I)c12.Brc1ccccc1B1c2ccccc2-n2c3ccccc3c3cccc1c32.Brc1ccccc1I.C[CH-]C.[Cl-].[Cl-].[Li+].[Mg+2]. The molecule has 2 nitrogen and oxygen atoms in total. The molecule has 3 heterocycles. The van der Waals surface area contributed by atoms with E-state index in [9.17, 15) is 0 Å². The molecule has 12 heteroatoms. The van der Waals surface area contributed by atoms with Crippen molar-refractivity contribution in [3.63, 3.8) is 0 Å². The Bertz CT molecular complexity index is 3110. The minimum atomic E-state index is 0. The van der Waals surface area contributed by atoms with Gasteiger partial charge in [-0.1, -0.05) is 149 Å². The Labute approximate surface area is 463 Å². The van der Waals surface area contributed by atoms with Crippen LogP contribution in [0.3, 0.4) is 0 Å². The molecule has 0 N–H and O–H groups in total. The van der Waals surface area contributed by atoms with Crippen LogP contribution in [0.5, 0.6) is 0 Å². The van der Waals surface area contributed by atoms with Crippen molar-refractivity contribution >= 4 is 183 Å². The van der Waals surface area contributed by atoms with Crippen molar-refractivity contribution in [2.24, 2.45) is 0 Å². The van der Waals surface area contributed by atoms with Crippen LogP contribution in [0.1, 0.15) is 13.8 Å². The minimum absolute atomic E-state index is 0. The molecule has 0 aliphatic carbocycles. The van der Waals surface area contributed by atoms with E-state index in [2.05, 4.69) is 266 Å². The molecule has 306 valence electrons. The third kappa shape index (κ3) is 11.0. The summed E-state index contributed by atoms with van der Waals surface area (Å²) in [6.45, 7) is 4.22. The van der Waals surface area contributed by atoms with Crippen molar-refractivity contribution in [1.29, 1.82) is 0 Å². The van der Waals surface area contributed by atoms with Gasteiger partial charge in [-0.25, -0.2) is 0 Å². The number of hydrogen-bond acceptors (Lipinski definition) is 0. The van der Waals surface area contributed by atoms with Crippen LogP contribution in [0.4, 0.5) is 0 Å². The van der Waals surface area contributed by atoms with Crippen molar-refractivity contribution in [3.05, 3.63) is 209 Å². The predicted octanol–water partition coefficient (Wildman–Crippen LogP) is 5.44. The summed E-state index contributed by atoms with van der Waals surface area (Å²) >= 11 is 15.6. The zero-order valence-electron chi connectivity index (χ0n) is 34.7. The van der Waals surface area contributed by atoms with E-state index in [-0.39, 0.29) is 73.4 Å². The third-order valence-corrected chi connectivity index (χ3v) is 15.0. The average Bonchev–Trinajstić information content (AvgIpc) is 3.78. The van der Waals surface area contributed by atoms with Gasteiger partial charge in [0.1, 0.15) is 0 Å². The van der Waals surface area contributed by atoms with Crippen LogP contribution < -0.4 is 60.1 Å². The van der Waals surface area contributed by atoms with Crippen LogP contribution in [0.15, 0.2) is 195 Å². The van der Waals surface area contributed by atoms with Crippen molar-refractivity contribution in [3.8, 4) is 11.4 Å². The van der Waals surface area contributed by atoms with E-state index in [1.165, 1.54) is 83.0 Å². The number of fused-ring (bicyclic) bond motifs is 8. The zero-order valence-corrected chi connectivity index (χ0v) is 46.7. The first-order chi connectivity index (χ1) is 28.8. The third-order valence-electron chi connectivity index (χ3n) is 10.3. The number of aromatic nitrogens is 2. The molecule has 0 fully saturated rings. The number of rotatable bonds is 2. The van der Waals surface area contributed by atoms with Gasteiger partial charge in [0.25, 0.3) is 0 Å². The first-order valence-electron chi connectivity index (χ1n) is 19.3. The Morgan fingerprint density at radius 2 is 0.810 bits per heavy atom. The standard InChI is InChI=1S/C24H15BBrN.C18H11BrIN.C6H4BrI.C3H7.2ClH.Li.Mg/c26-21-13-4-2-10-18(21)25-19-11-3-6-15-23(19)27-22-14-5-1-8-16(22)17-9-7-12-20(25)24(17)27;19-14-8-5-7-13-12-6-1-3-10-16(12)21(18(13)14)17-11-4-2-9-15(17)20;7-5-3-1-2-4-6(5)8;1-3-2;;;;/h1-15H;1-11H;1-4H;3H,1-2H3;2*1H;;/q;;;-1;;;+1;+2/p-2. The van der Waals surface area contributed by atoms with Gasteiger partial charge in [0.2, 0.25) is 6.71 Å². The van der Waals surface area contributed by atoms with E-state index in [4.69, 9.17) is 0 Å². The Morgan fingerprint density at radius 1 is 0.413 bits per heavy atom. The normalized spacial score (nSPS) is 10.6. The summed E-state index contributed by atoms with van der Waals surface area (Å²) in [6, 6.07) is 64.5. The molecule has 1 aliphatic rings. The zero-order chi connectivity index (χ0) is 41.0. The summed E-state index contributed by atoms with van der Waals surface area (Å²) in [7, 11) is 0. The second-order valence-electron chi connectivity index (χ2n) is 14.0. The van der Waals surface area contributed by atoms with E-state index in [0.29, 0.717) is 0 Å². The molecular formula is C51H37BBr3Cl2I2LiMgN2. The summed E-state index contributed by atoms with van der Waals surface area (Å²) < 4.78 is 10.7. The molecule has 0 radical (unpaired) electrons. The van der Waals surface area contributed by atoms with Crippen LogP contribution in [-0.2, 0) is 0 Å². The van der Waals surface area contributed by atoms with Gasteiger partial charge in [0, 0.05) is 53.3 Å². The van der Waals surface area contributed by atoms with E-state index in [1.54, 1.807) is 0 Å². The van der Waals surface area contributed by atoms with Crippen LogP contribution in [-0.4, -0.2) is 38.9 Å². The van der Waals surface area contributed by atoms with Gasteiger partial charge in [0.15, 0.2) is 0 Å². The maximum Gasteiger partial charge on any atom is 2.00 e. The molecule has 0 atom stereocenters. The molecule has 2 aromatic heterocycles. The van der Waals surface area contributed by atoms with E-state index < -0.39 is 0 Å². The number of halogens is 7. The Hall–Kier alpha value is -1.73. The molecule has 0 bridgehead atoms. The van der Waals surface area contributed by atoms with Crippen molar-refractivity contribution in [2.45, 2.75) is 13.8 Å². The van der Waals surface area contributed by atoms with Crippen LogP contribution in [0.25, 0.3) is 55.0 Å². The van der Waals surface area contributed by atoms with E-state index in [0.717, 1.165) is 8.95 Å². The average molecular weight is 1280 g/mol. The molecule has 63 heavy (non-hydrogen) atoms. The fourth-order valence-electron chi connectivity index (χ4n) is 7.97. The quantitative estimate of drug-likeness (QED) is 0.124. The van der Waals surface area contributed by atoms with Gasteiger partial charge < -0.3 is 40.4 Å². The van der Waals surface area contributed by atoms with Crippen molar-refractivity contribution in [1.82, 2.24) is 9.13 Å². The summed E-state index contributed by atoms with van der Waals surface area (Å²) in [6.07, 6.45) is 2.00. The molecule has 0 spiro atoms. The first-order valence-corrected chi connectivity index (χ1v) is 23.8. The molecule has 0 saturated carbocycles. The van der Waals surface area contributed by atoms with Crippen molar-refractivity contribution < 1.29 is 43.7 Å². The van der Waals surface area contributed by atoms with Gasteiger partial charge in [-0.2, -0.15) is 13.8 Å². The Balaban J connectivity index is 0.000000216. The predicted molar refractivity (Wildman–Crippen MR) is 289 cm³/mol. The summed E-state index contributed by atoms with van der Waals surface area (Å²) in [4.78, 5) is 0. The largest absolute Gasteiger partial charge is 2.00 e. The van der Waals surface area contributed by atoms with E-state index in [1.807, 2.05) is 38.5 Å². The second-order valence-corrected chi connectivity index (χ2v) is 18.9. The number of benzene rings is 8. The minimum Gasteiger partial charge on any atom is -1.00 e. The molecule has 0 unspecified atom stereocenters. The second kappa shape index (κ2) is 24.9. The molecule has 10 aromatic rings. The molecule has 0 saturated heterocycles.